The molecule has 0 aromatic heterocycles. The third-order valence-electron chi connectivity index (χ3n) is 3.89. The summed E-state index contributed by atoms with van der Waals surface area (Å²) in [4.78, 5) is 14.3. The van der Waals surface area contributed by atoms with Crippen LogP contribution in [0.4, 0.5) is 20.6 Å². The zero-order valence-electron chi connectivity index (χ0n) is 13.7. The highest BCUT2D eigenvalue weighted by Gasteiger charge is 2.15. The highest BCUT2D eigenvalue weighted by molar-refractivity contribution is 5.94. The predicted octanol–water partition coefficient (Wildman–Crippen LogP) is 3.45. The fourth-order valence-electron chi connectivity index (χ4n) is 2.64. The summed E-state index contributed by atoms with van der Waals surface area (Å²) >= 11 is 0. The van der Waals surface area contributed by atoms with E-state index >= 15 is 0 Å². The Hall–Kier alpha value is -2.86. The van der Waals surface area contributed by atoms with Crippen molar-refractivity contribution >= 4 is 23.5 Å². The molecular formula is C19H20FN3O2. The van der Waals surface area contributed by atoms with E-state index in [2.05, 4.69) is 15.5 Å². The van der Waals surface area contributed by atoms with Crippen LogP contribution in [0.5, 0.6) is 0 Å². The molecule has 5 nitrogen and oxygen atoms in total. The third-order valence-corrected chi connectivity index (χ3v) is 3.89. The SMILES string of the molecule is O=C(N/C=C/c1ccccc1F)Nc1ccccc1N1CCOCC1. The van der Waals surface area contributed by atoms with Gasteiger partial charge in [0.15, 0.2) is 0 Å². The molecule has 0 spiro atoms. The number of hydrogen-bond donors (Lipinski definition) is 2. The maximum Gasteiger partial charge on any atom is 0.323 e. The molecule has 130 valence electrons. The standard InChI is InChI=1S/C19H20FN3O2/c20-16-6-2-1-5-15(16)9-10-21-19(24)22-17-7-3-4-8-18(17)23-11-13-25-14-12-23/h1-10H,11-14H2,(H2,21,22,24)/b10-9+. The molecule has 2 aromatic carbocycles. The van der Waals surface area contributed by atoms with Gasteiger partial charge in [0.1, 0.15) is 5.82 Å². The molecule has 0 bridgehead atoms. The summed E-state index contributed by atoms with van der Waals surface area (Å²) in [5.74, 6) is -0.335. The number of morpholine rings is 1. The van der Waals surface area contributed by atoms with Crippen LogP contribution >= 0.6 is 0 Å². The average Bonchev–Trinajstić information content (AvgIpc) is 2.64. The maximum absolute atomic E-state index is 13.5. The number of urea groups is 1. The number of benzene rings is 2. The number of ether oxygens (including phenoxy) is 1. The molecule has 25 heavy (non-hydrogen) atoms. The van der Waals surface area contributed by atoms with Crippen molar-refractivity contribution in [3.05, 3.63) is 66.1 Å². The number of nitrogens with zero attached hydrogens (tertiary/aromatic N) is 1. The van der Waals surface area contributed by atoms with E-state index in [1.807, 2.05) is 24.3 Å². The zero-order chi connectivity index (χ0) is 17.5. The van der Waals surface area contributed by atoms with Crippen molar-refractivity contribution < 1.29 is 13.9 Å². The first-order valence-electron chi connectivity index (χ1n) is 8.14. The minimum absolute atomic E-state index is 0.335. The molecule has 0 saturated carbocycles. The van der Waals surface area contributed by atoms with Gasteiger partial charge in [-0.3, -0.25) is 0 Å². The van der Waals surface area contributed by atoms with Crippen molar-refractivity contribution in [3.63, 3.8) is 0 Å². The molecule has 2 aromatic rings. The van der Waals surface area contributed by atoms with E-state index in [0.29, 0.717) is 18.8 Å². The zero-order valence-corrected chi connectivity index (χ0v) is 13.7. The molecule has 1 fully saturated rings. The topological polar surface area (TPSA) is 53.6 Å². The predicted molar refractivity (Wildman–Crippen MR) is 97.1 cm³/mol. The molecule has 1 aliphatic heterocycles. The van der Waals surface area contributed by atoms with Gasteiger partial charge in [0.2, 0.25) is 0 Å². The Bertz CT molecular complexity index is 758. The van der Waals surface area contributed by atoms with E-state index in [4.69, 9.17) is 4.74 Å². The first-order valence-corrected chi connectivity index (χ1v) is 8.14. The van der Waals surface area contributed by atoms with Gasteiger partial charge in [-0.25, -0.2) is 9.18 Å². The Kier molecular flexibility index (Phi) is 5.64. The number of anilines is 2. The van der Waals surface area contributed by atoms with Gasteiger partial charge >= 0.3 is 6.03 Å². The van der Waals surface area contributed by atoms with Crippen LogP contribution in [0.2, 0.25) is 0 Å². The quantitative estimate of drug-likeness (QED) is 0.895. The molecule has 0 unspecified atom stereocenters. The first kappa shape index (κ1) is 17.0. The van der Waals surface area contributed by atoms with E-state index in [-0.39, 0.29) is 11.8 Å². The van der Waals surface area contributed by atoms with Crippen LogP contribution in [-0.4, -0.2) is 32.3 Å². The van der Waals surface area contributed by atoms with Gasteiger partial charge in [-0.1, -0.05) is 30.3 Å². The van der Waals surface area contributed by atoms with Gasteiger partial charge < -0.3 is 20.3 Å². The Balaban J connectivity index is 1.62. The lowest BCUT2D eigenvalue weighted by Crippen LogP contribution is -2.37. The molecule has 1 saturated heterocycles. The largest absolute Gasteiger partial charge is 0.378 e. The lowest BCUT2D eigenvalue weighted by molar-refractivity contribution is 0.123. The molecule has 2 amide bonds. The number of amides is 2. The number of para-hydroxylation sites is 2. The van der Waals surface area contributed by atoms with Crippen LogP contribution in [0.25, 0.3) is 6.08 Å². The number of carbonyl (C=O) groups excluding carboxylic acids is 1. The average molecular weight is 341 g/mol. The summed E-state index contributed by atoms with van der Waals surface area (Å²) < 4.78 is 18.9. The van der Waals surface area contributed by atoms with Crippen LogP contribution in [0.15, 0.2) is 54.7 Å². The summed E-state index contributed by atoms with van der Waals surface area (Å²) in [5.41, 5.74) is 2.09. The summed E-state index contributed by atoms with van der Waals surface area (Å²) in [6, 6.07) is 13.6. The highest BCUT2D eigenvalue weighted by Crippen LogP contribution is 2.26. The number of carbonyl (C=O) groups is 1. The monoisotopic (exact) mass is 341 g/mol. The van der Waals surface area contributed by atoms with Crippen molar-refractivity contribution in [1.82, 2.24) is 5.32 Å². The van der Waals surface area contributed by atoms with Crippen LogP contribution < -0.4 is 15.5 Å². The van der Waals surface area contributed by atoms with E-state index in [1.165, 1.54) is 18.3 Å². The van der Waals surface area contributed by atoms with Gasteiger partial charge in [-0.15, -0.1) is 0 Å². The normalized spacial score (nSPS) is 14.5. The smallest absolute Gasteiger partial charge is 0.323 e. The number of hydrogen-bond acceptors (Lipinski definition) is 3. The van der Waals surface area contributed by atoms with E-state index in [1.54, 1.807) is 18.2 Å². The second kappa shape index (κ2) is 8.30. The lowest BCUT2D eigenvalue weighted by Gasteiger charge is -2.30. The van der Waals surface area contributed by atoms with Gasteiger partial charge in [-0.2, -0.15) is 0 Å². The Morgan fingerprint density at radius 3 is 2.60 bits per heavy atom. The van der Waals surface area contributed by atoms with Crippen molar-refractivity contribution in [3.8, 4) is 0 Å². The Labute approximate surface area is 146 Å². The highest BCUT2D eigenvalue weighted by atomic mass is 19.1. The van der Waals surface area contributed by atoms with Crippen molar-refractivity contribution in [2.24, 2.45) is 0 Å². The van der Waals surface area contributed by atoms with Gasteiger partial charge in [0.25, 0.3) is 0 Å². The minimum Gasteiger partial charge on any atom is -0.378 e. The lowest BCUT2D eigenvalue weighted by atomic mass is 10.2. The van der Waals surface area contributed by atoms with E-state index in [0.717, 1.165) is 24.5 Å². The van der Waals surface area contributed by atoms with E-state index in [9.17, 15) is 9.18 Å². The molecule has 2 N–H and O–H groups in total. The summed E-state index contributed by atoms with van der Waals surface area (Å²) in [6.07, 6.45) is 2.94. The molecule has 6 heteroatoms. The van der Waals surface area contributed by atoms with Crippen LogP contribution in [0.3, 0.4) is 0 Å². The second-order valence-corrected chi connectivity index (χ2v) is 5.57. The first-order chi connectivity index (χ1) is 12.2. The van der Waals surface area contributed by atoms with E-state index < -0.39 is 0 Å². The Morgan fingerprint density at radius 1 is 1.08 bits per heavy atom. The van der Waals surface area contributed by atoms with Crippen LogP contribution in [0.1, 0.15) is 5.56 Å². The number of nitrogens with one attached hydrogen (secondary N) is 2. The number of halogens is 1. The summed E-state index contributed by atoms with van der Waals surface area (Å²) in [7, 11) is 0. The molecule has 0 radical (unpaired) electrons. The molecule has 0 aliphatic carbocycles. The Morgan fingerprint density at radius 2 is 1.80 bits per heavy atom. The maximum atomic E-state index is 13.5. The molecular weight excluding hydrogens is 321 g/mol. The molecule has 0 atom stereocenters. The third kappa shape index (κ3) is 4.58. The molecule has 1 heterocycles. The van der Waals surface area contributed by atoms with Gasteiger partial charge in [-0.05, 0) is 24.3 Å². The van der Waals surface area contributed by atoms with Gasteiger partial charge in [0, 0.05) is 24.9 Å². The summed E-state index contributed by atoms with van der Waals surface area (Å²) in [5, 5.41) is 5.43. The van der Waals surface area contributed by atoms with Crippen molar-refractivity contribution in [1.29, 1.82) is 0 Å². The fourth-order valence-corrected chi connectivity index (χ4v) is 2.64. The second-order valence-electron chi connectivity index (χ2n) is 5.57. The van der Waals surface area contributed by atoms with Crippen molar-refractivity contribution in [2.45, 2.75) is 0 Å². The van der Waals surface area contributed by atoms with Crippen LogP contribution in [-0.2, 0) is 4.74 Å². The number of rotatable bonds is 4. The van der Waals surface area contributed by atoms with Crippen LogP contribution in [0, 0.1) is 5.82 Å². The fraction of sp³-hybridized carbons (Fsp3) is 0.211. The summed E-state index contributed by atoms with van der Waals surface area (Å²) in [6.45, 7) is 2.92. The van der Waals surface area contributed by atoms with Crippen molar-refractivity contribution in [2.75, 3.05) is 36.5 Å². The molecule has 1 aliphatic rings. The minimum atomic E-state index is -0.381. The van der Waals surface area contributed by atoms with Gasteiger partial charge in [0.05, 0.1) is 24.6 Å². The molecule has 3 rings (SSSR count).